The molecule has 0 aliphatic carbocycles. The van der Waals surface area contributed by atoms with Crippen molar-refractivity contribution in [2.75, 3.05) is 31.6 Å². The first-order valence-corrected chi connectivity index (χ1v) is 8.19. The quantitative estimate of drug-likeness (QED) is 0.904. The third-order valence-electron chi connectivity index (χ3n) is 4.44. The number of halogens is 2. The molecule has 4 nitrogen and oxygen atoms in total. The predicted molar refractivity (Wildman–Crippen MR) is 92.0 cm³/mol. The topological polar surface area (TPSA) is 41.6 Å². The summed E-state index contributed by atoms with van der Waals surface area (Å²) in [5, 5.41) is 2.71. The summed E-state index contributed by atoms with van der Waals surface area (Å²) in [5.74, 6) is -0.886. The molecule has 2 aromatic carbocycles. The van der Waals surface area contributed by atoms with Gasteiger partial charge in [0.15, 0.2) is 0 Å². The number of ether oxygens (including phenoxy) is 1. The van der Waals surface area contributed by atoms with Crippen molar-refractivity contribution in [1.29, 1.82) is 0 Å². The van der Waals surface area contributed by atoms with Crippen LogP contribution in [0.5, 0.6) is 5.75 Å². The van der Waals surface area contributed by atoms with Gasteiger partial charge in [-0.2, -0.15) is 0 Å². The molecule has 0 saturated carbocycles. The number of hydrogen-bond acceptors (Lipinski definition) is 3. The van der Waals surface area contributed by atoms with Gasteiger partial charge in [-0.1, -0.05) is 12.1 Å². The molecule has 0 bridgehead atoms. The van der Waals surface area contributed by atoms with Crippen molar-refractivity contribution in [2.45, 2.75) is 6.42 Å². The first kappa shape index (κ1) is 17.2. The largest absolute Gasteiger partial charge is 0.495 e. The third kappa shape index (κ3) is 3.90. The Balaban J connectivity index is 1.58. The highest BCUT2D eigenvalue weighted by Crippen LogP contribution is 2.31. The maximum absolute atomic E-state index is 13.6. The van der Waals surface area contributed by atoms with Crippen molar-refractivity contribution >= 4 is 11.6 Å². The van der Waals surface area contributed by atoms with Gasteiger partial charge in [0.1, 0.15) is 17.4 Å². The lowest BCUT2D eigenvalue weighted by Gasteiger charge is -2.21. The molecule has 1 saturated heterocycles. The van der Waals surface area contributed by atoms with Crippen LogP contribution in [0, 0.1) is 17.6 Å². The summed E-state index contributed by atoms with van der Waals surface area (Å²) in [4.78, 5) is 14.3. The van der Waals surface area contributed by atoms with E-state index in [1.807, 2.05) is 24.3 Å². The zero-order valence-corrected chi connectivity index (χ0v) is 14.0. The van der Waals surface area contributed by atoms with Crippen molar-refractivity contribution in [3.63, 3.8) is 0 Å². The summed E-state index contributed by atoms with van der Waals surface area (Å²) in [6, 6.07) is 10.7. The van der Waals surface area contributed by atoms with E-state index in [9.17, 15) is 13.6 Å². The molecule has 0 unspecified atom stereocenters. The normalized spacial score (nSPS) is 16.8. The van der Waals surface area contributed by atoms with Gasteiger partial charge >= 0.3 is 0 Å². The number of para-hydroxylation sites is 2. The van der Waals surface area contributed by atoms with Gasteiger partial charge in [-0.05, 0) is 42.7 Å². The minimum atomic E-state index is -0.721. The maximum atomic E-state index is 13.6. The lowest BCUT2D eigenvalue weighted by Crippen LogP contribution is -2.31. The molecule has 0 spiro atoms. The highest BCUT2D eigenvalue weighted by atomic mass is 19.1. The Labute approximate surface area is 145 Å². The van der Waals surface area contributed by atoms with Gasteiger partial charge in [-0.3, -0.25) is 4.79 Å². The van der Waals surface area contributed by atoms with Gasteiger partial charge in [-0.15, -0.1) is 0 Å². The number of hydrogen-bond donors (Lipinski definition) is 1. The lowest BCUT2D eigenvalue weighted by atomic mass is 10.1. The second kappa shape index (κ2) is 7.51. The van der Waals surface area contributed by atoms with Crippen molar-refractivity contribution < 1.29 is 18.3 Å². The fourth-order valence-corrected chi connectivity index (χ4v) is 3.11. The van der Waals surface area contributed by atoms with Gasteiger partial charge in [0.25, 0.3) is 5.91 Å². The van der Waals surface area contributed by atoms with Crippen LogP contribution >= 0.6 is 0 Å². The van der Waals surface area contributed by atoms with E-state index in [0.717, 1.165) is 49.1 Å². The highest BCUT2D eigenvalue weighted by Gasteiger charge is 2.25. The monoisotopic (exact) mass is 346 g/mol. The van der Waals surface area contributed by atoms with Gasteiger partial charge < -0.3 is 15.0 Å². The number of anilines is 1. The number of carbonyl (C=O) groups is 1. The summed E-state index contributed by atoms with van der Waals surface area (Å²) in [6.45, 7) is 2.04. The summed E-state index contributed by atoms with van der Waals surface area (Å²) < 4.78 is 32.2. The minimum Gasteiger partial charge on any atom is -0.495 e. The van der Waals surface area contributed by atoms with E-state index in [4.69, 9.17) is 4.74 Å². The molecule has 6 heteroatoms. The van der Waals surface area contributed by atoms with E-state index in [-0.39, 0.29) is 11.5 Å². The van der Waals surface area contributed by atoms with Crippen LogP contribution in [0.15, 0.2) is 42.5 Å². The molecule has 3 rings (SSSR count). The first-order valence-electron chi connectivity index (χ1n) is 8.19. The van der Waals surface area contributed by atoms with Gasteiger partial charge in [0.05, 0.1) is 18.4 Å². The Kier molecular flexibility index (Phi) is 5.16. The van der Waals surface area contributed by atoms with Crippen LogP contribution in [-0.4, -0.2) is 32.7 Å². The van der Waals surface area contributed by atoms with Crippen molar-refractivity contribution in [2.24, 2.45) is 5.92 Å². The van der Waals surface area contributed by atoms with Crippen LogP contribution in [0.25, 0.3) is 0 Å². The molecule has 0 aromatic heterocycles. The number of nitrogens with zero attached hydrogens (tertiary/aromatic N) is 1. The van der Waals surface area contributed by atoms with Crippen molar-refractivity contribution in [3.8, 4) is 5.75 Å². The molecule has 1 aliphatic heterocycles. The molecule has 2 aromatic rings. The number of carbonyl (C=O) groups excluding carboxylic acids is 1. The average molecular weight is 346 g/mol. The highest BCUT2D eigenvalue weighted by molar-refractivity contribution is 5.94. The second-order valence-electron chi connectivity index (χ2n) is 6.11. The Bertz CT molecular complexity index is 767. The molecule has 25 heavy (non-hydrogen) atoms. The van der Waals surface area contributed by atoms with Crippen LogP contribution in [0.2, 0.25) is 0 Å². The molecule has 0 radical (unpaired) electrons. The molecular weight excluding hydrogens is 326 g/mol. The zero-order valence-electron chi connectivity index (χ0n) is 14.0. The van der Waals surface area contributed by atoms with Gasteiger partial charge in [0.2, 0.25) is 0 Å². The van der Waals surface area contributed by atoms with Crippen LogP contribution in [0.1, 0.15) is 16.8 Å². The maximum Gasteiger partial charge on any atom is 0.254 e. The number of amides is 1. The molecule has 1 N–H and O–H groups in total. The third-order valence-corrected chi connectivity index (χ3v) is 4.44. The number of benzene rings is 2. The van der Waals surface area contributed by atoms with Crippen molar-refractivity contribution in [3.05, 3.63) is 59.7 Å². The van der Waals surface area contributed by atoms with E-state index < -0.39 is 17.5 Å². The second-order valence-corrected chi connectivity index (χ2v) is 6.11. The molecular formula is C19H20F2N2O2. The Morgan fingerprint density at radius 3 is 2.88 bits per heavy atom. The van der Waals surface area contributed by atoms with E-state index in [1.54, 1.807) is 7.11 Å². The summed E-state index contributed by atoms with van der Waals surface area (Å²) in [7, 11) is 1.64. The average Bonchev–Trinajstić information content (AvgIpc) is 3.10. The van der Waals surface area contributed by atoms with E-state index in [0.29, 0.717) is 6.54 Å². The number of rotatable bonds is 5. The van der Waals surface area contributed by atoms with Gasteiger partial charge in [-0.25, -0.2) is 8.78 Å². The summed E-state index contributed by atoms with van der Waals surface area (Å²) in [5.41, 5.74) is 0.759. The van der Waals surface area contributed by atoms with E-state index >= 15 is 0 Å². The number of methoxy groups -OCH3 is 1. The fraction of sp³-hybridized carbons (Fsp3) is 0.316. The summed E-state index contributed by atoms with van der Waals surface area (Å²) in [6.07, 6.45) is 0.907. The van der Waals surface area contributed by atoms with Crippen LogP contribution in [0.4, 0.5) is 14.5 Å². The smallest absolute Gasteiger partial charge is 0.254 e. The van der Waals surface area contributed by atoms with E-state index in [1.165, 1.54) is 0 Å². The molecule has 1 aliphatic rings. The molecule has 1 amide bonds. The SMILES string of the molecule is COc1ccccc1N1CC[C@H](CNC(=O)c2cc(F)ccc2F)C1. The fourth-order valence-electron chi connectivity index (χ4n) is 3.11. The summed E-state index contributed by atoms with van der Waals surface area (Å²) >= 11 is 0. The lowest BCUT2D eigenvalue weighted by molar-refractivity contribution is 0.0943. The van der Waals surface area contributed by atoms with Crippen LogP contribution in [-0.2, 0) is 0 Å². The van der Waals surface area contributed by atoms with Crippen molar-refractivity contribution in [1.82, 2.24) is 5.32 Å². The Morgan fingerprint density at radius 1 is 1.28 bits per heavy atom. The van der Waals surface area contributed by atoms with Crippen LogP contribution < -0.4 is 15.0 Å². The molecule has 1 fully saturated rings. The Hall–Kier alpha value is -2.63. The first-order chi connectivity index (χ1) is 12.1. The molecule has 1 atom stereocenters. The Morgan fingerprint density at radius 2 is 2.08 bits per heavy atom. The van der Waals surface area contributed by atoms with Crippen LogP contribution in [0.3, 0.4) is 0 Å². The zero-order chi connectivity index (χ0) is 17.8. The standard InChI is InChI=1S/C19H20F2N2O2/c1-25-18-5-3-2-4-17(18)23-9-8-13(12-23)11-22-19(24)15-10-14(20)6-7-16(15)21/h2-7,10,13H,8-9,11-12H2,1H3,(H,22,24)/t13-/m1/s1. The number of nitrogens with one attached hydrogen (secondary N) is 1. The predicted octanol–water partition coefficient (Wildman–Crippen LogP) is 3.23. The minimum absolute atomic E-state index is 0.241. The molecule has 1 heterocycles. The van der Waals surface area contributed by atoms with Gasteiger partial charge in [0, 0.05) is 19.6 Å². The molecule has 132 valence electrons. The van der Waals surface area contributed by atoms with E-state index in [2.05, 4.69) is 10.2 Å².